The number of rotatable bonds is 4. The van der Waals surface area contributed by atoms with Gasteiger partial charge in [-0.15, -0.1) is 0 Å². The molecular formula is C11H14ClNO3. The Morgan fingerprint density at radius 2 is 2.31 bits per heavy atom. The van der Waals surface area contributed by atoms with Crippen LogP contribution in [-0.4, -0.2) is 17.7 Å². The zero-order chi connectivity index (χ0) is 12.1. The Balaban J connectivity index is 2.76. The van der Waals surface area contributed by atoms with Gasteiger partial charge in [-0.1, -0.05) is 11.6 Å². The largest absolute Gasteiger partial charge is 0.508 e. The van der Waals surface area contributed by atoms with Gasteiger partial charge in [0.25, 0.3) is 0 Å². The van der Waals surface area contributed by atoms with E-state index in [-0.39, 0.29) is 12.2 Å². The molecule has 3 N–H and O–H groups in total. The van der Waals surface area contributed by atoms with E-state index in [0.29, 0.717) is 17.2 Å². The van der Waals surface area contributed by atoms with Gasteiger partial charge in [0.05, 0.1) is 13.0 Å². The third-order valence-electron chi connectivity index (χ3n) is 2.08. The van der Waals surface area contributed by atoms with Crippen molar-refractivity contribution in [2.24, 2.45) is 5.73 Å². The first kappa shape index (κ1) is 12.8. The maximum absolute atomic E-state index is 11.2. The van der Waals surface area contributed by atoms with Gasteiger partial charge in [-0.05, 0) is 25.1 Å². The Labute approximate surface area is 99.0 Å². The van der Waals surface area contributed by atoms with Gasteiger partial charge in [-0.3, -0.25) is 4.79 Å². The molecule has 1 aromatic rings. The summed E-state index contributed by atoms with van der Waals surface area (Å²) in [5.74, 6) is -0.365. The van der Waals surface area contributed by atoms with E-state index < -0.39 is 12.0 Å². The highest BCUT2D eigenvalue weighted by atomic mass is 35.5. The van der Waals surface area contributed by atoms with Crippen molar-refractivity contribution < 1.29 is 14.6 Å². The SMILES string of the molecule is CCOC(=O)C[C@@H](N)c1cc(Cl)ccc1O. The molecule has 1 atom stereocenters. The summed E-state index contributed by atoms with van der Waals surface area (Å²) in [6, 6.07) is 3.93. The highest BCUT2D eigenvalue weighted by Gasteiger charge is 2.16. The van der Waals surface area contributed by atoms with Crippen LogP contribution >= 0.6 is 11.6 Å². The van der Waals surface area contributed by atoms with E-state index >= 15 is 0 Å². The van der Waals surface area contributed by atoms with E-state index in [1.807, 2.05) is 0 Å². The van der Waals surface area contributed by atoms with Gasteiger partial charge in [0.1, 0.15) is 5.75 Å². The lowest BCUT2D eigenvalue weighted by atomic mass is 10.0. The van der Waals surface area contributed by atoms with Crippen LogP contribution in [0.5, 0.6) is 5.75 Å². The van der Waals surface area contributed by atoms with Crippen LogP contribution in [0.15, 0.2) is 18.2 Å². The van der Waals surface area contributed by atoms with Crippen molar-refractivity contribution >= 4 is 17.6 Å². The van der Waals surface area contributed by atoms with E-state index in [0.717, 1.165) is 0 Å². The number of hydrogen-bond acceptors (Lipinski definition) is 4. The Bertz CT molecular complexity index is 381. The lowest BCUT2D eigenvalue weighted by Crippen LogP contribution is -2.17. The van der Waals surface area contributed by atoms with Gasteiger partial charge < -0.3 is 15.6 Å². The van der Waals surface area contributed by atoms with Gasteiger partial charge in [0.15, 0.2) is 0 Å². The lowest BCUT2D eigenvalue weighted by Gasteiger charge is -2.13. The van der Waals surface area contributed by atoms with Gasteiger partial charge in [0, 0.05) is 16.6 Å². The maximum Gasteiger partial charge on any atom is 0.307 e. The second-order valence-electron chi connectivity index (χ2n) is 3.32. The molecule has 0 heterocycles. The van der Waals surface area contributed by atoms with Crippen LogP contribution < -0.4 is 5.73 Å². The summed E-state index contributed by atoms with van der Waals surface area (Å²) < 4.78 is 4.77. The summed E-state index contributed by atoms with van der Waals surface area (Å²) in [5.41, 5.74) is 6.22. The molecule has 0 saturated carbocycles. The fraction of sp³-hybridized carbons (Fsp3) is 0.364. The Kier molecular flexibility index (Phi) is 4.58. The number of phenolic OH excluding ortho intramolecular Hbond substituents is 1. The minimum atomic E-state index is -0.613. The monoisotopic (exact) mass is 243 g/mol. The summed E-state index contributed by atoms with van der Waals surface area (Å²) in [5, 5.41) is 10.0. The molecule has 0 saturated heterocycles. The van der Waals surface area contributed by atoms with Crippen LogP contribution in [0.25, 0.3) is 0 Å². The van der Waals surface area contributed by atoms with E-state index in [4.69, 9.17) is 22.1 Å². The predicted molar refractivity (Wildman–Crippen MR) is 61.3 cm³/mol. The van der Waals surface area contributed by atoms with Crippen LogP contribution in [0.2, 0.25) is 5.02 Å². The van der Waals surface area contributed by atoms with Crippen molar-refractivity contribution in [3.05, 3.63) is 28.8 Å². The number of halogens is 1. The lowest BCUT2D eigenvalue weighted by molar-refractivity contribution is -0.143. The Morgan fingerprint density at radius 3 is 2.94 bits per heavy atom. The summed E-state index contributed by atoms with van der Waals surface area (Å²) in [7, 11) is 0. The summed E-state index contributed by atoms with van der Waals surface area (Å²) in [6.07, 6.45) is 0.0156. The van der Waals surface area contributed by atoms with Crippen LogP contribution in [0.3, 0.4) is 0 Å². The smallest absolute Gasteiger partial charge is 0.307 e. The number of nitrogens with two attached hydrogens (primary N) is 1. The number of carbonyl (C=O) groups is 1. The molecule has 0 bridgehead atoms. The first-order valence-electron chi connectivity index (χ1n) is 4.94. The highest BCUT2D eigenvalue weighted by Crippen LogP contribution is 2.27. The molecule has 88 valence electrons. The van der Waals surface area contributed by atoms with E-state index in [2.05, 4.69) is 0 Å². The summed E-state index contributed by atoms with van der Waals surface area (Å²) in [6.45, 7) is 2.04. The minimum Gasteiger partial charge on any atom is -0.508 e. The van der Waals surface area contributed by atoms with Crippen LogP contribution in [0.1, 0.15) is 24.9 Å². The second-order valence-corrected chi connectivity index (χ2v) is 3.76. The zero-order valence-corrected chi connectivity index (χ0v) is 9.70. The first-order chi connectivity index (χ1) is 7.54. The predicted octanol–water partition coefficient (Wildman–Crippen LogP) is 2.00. The van der Waals surface area contributed by atoms with Crippen molar-refractivity contribution in [2.75, 3.05) is 6.61 Å². The average molecular weight is 244 g/mol. The quantitative estimate of drug-likeness (QED) is 0.794. The number of benzene rings is 1. The second kappa shape index (κ2) is 5.72. The molecule has 1 rings (SSSR count). The Hall–Kier alpha value is -1.26. The third kappa shape index (κ3) is 3.40. The number of ether oxygens (including phenoxy) is 1. The molecule has 0 aromatic heterocycles. The molecule has 0 aliphatic carbocycles. The van der Waals surface area contributed by atoms with E-state index in [9.17, 15) is 9.90 Å². The fourth-order valence-corrected chi connectivity index (χ4v) is 1.51. The van der Waals surface area contributed by atoms with Crippen molar-refractivity contribution in [1.29, 1.82) is 0 Å². The van der Waals surface area contributed by atoms with E-state index in [1.165, 1.54) is 6.07 Å². The van der Waals surface area contributed by atoms with Gasteiger partial charge >= 0.3 is 5.97 Å². The van der Waals surface area contributed by atoms with Crippen molar-refractivity contribution in [3.63, 3.8) is 0 Å². The molecule has 0 amide bonds. The fourth-order valence-electron chi connectivity index (χ4n) is 1.33. The van der Waals surface area contributed by atoms with Crippen LogP contribution in [-0.2, 0) is 9.53 Å². The number of esters is 1. The molecule has 0 aliphatic rings. The van der Waals surface area contributed by atoms with Gasteiger partial charge in [-0.25, -0.2) is 0 Å². The van der Waals surface area contributed by atoms with Gasteiger partial charge in [0.2, 0.25) is 0 Å². The van der Waals surface area contributed by atoms with Crippen LogP contribution in [0.4, 0.5) is 0 Å². The summed E-state index contributed by atoms with van der Waals surface area (Å²) in [4.78, 5) is 11.2. The molecule has 1 aromatic carbocycles. The zero-order valence-electron chi connectivity index (χ0n) is 8.94. The molecule has 0 spiro atoms. The molecule has 16 heavy (non-hydrogen) atoms. The maximum atomic E-state index is 11.2. The molecular weight excluding hydrogens is 230 g/mol. The third-order valence-corrected chi connectivity index (χ3v) is 2.32. The molecule has 0 unspecified atom stereocenters. The molecule has 0 radical (unpaired) electrons. The van der Waals surface area contributed by atoms with Crippen molar-refractivity contribution in [1.82, 2.24) is 0 Å². The molecule has 0 fully saturated rings. The van der Waals surface area contributed by atoms with E-state index in [1.54, 1.807) is 19.1 Å². The van der Waals surface area contributed by atoms with Crippen molar-refractivity contribution in [2.45, 2.75) is 19.4 Å². The average Bonchev–Trinajstić information content (AvgIpc) is 2.21. The molecule has 4 nitrogen and oxygen atoms in total. The Morgan fingerprint density at radius 1 is 1.62 bits per heavy atom. The number of hydrogen-bond donors (Lipinski definition) is 2. The molecule has 0 aliphatic heterocycles. The molecule has 5 heteroatoms. The number of phenols is 1. The minimum absolute atomic E-state index is 0.0156. The number of carbonyl (C=O) groups excluding carboxylic acids is 1. The standard InChI is InChI=1S/C11H14ClNO3/c1-2-16-11(15)6-9(13)8-5-7(12)3-4-10(8)14/h3-5,9,14H,2,6,13H2,1H3/t9-/m1/s1. The van der Waals surface area contributed by atoms with Crippen molar-refractivity contribution in [3.8, 4) is 5.75 Å². The van der Waals surface area contributed by atoms with Crippen LogP contribution in [0, 0.1) is 0 Å². The van der Waals surface area contributed by atoms with Gasteiger partial charge in [-0.2, -0.15) is 0 Å². The summed E-state index contributed by atoms with van der Waals surface area (Å²) >= 11 is 5.78. The highest BCUT2D eigenvalue weighted by molar-refractivity contribution is 6.30. The normalized spacial score (nSPS) is 12.2. The first-order valence-corrected chi connectivity index (χ1v) is 5.32. The number of aromatic hydroxyl groups is 1. The topological polar surface area (TPSA) is 72.5 Å².